The number of Topliss-reactive ketones (excluding diaryl/α,β-unsaturated/α-hetero) is 1. The molecule has 142 valence electrons. The lowest BCUT2D eigenvalue weighted by molar-refractivity contribution is -0.116. The molecule has 0 radical (unpaired) electrons. The number of allylic oxidation sites excluding steroid dienone is 2. The minimum atomic E-state index is -0.244. The van der Waals surface area contributed by atoms with Crippen molar-refractivity contribution < 1.29 is 14.3 Å². The van der Waals surface area contributed by atoms with Crippen LogP contribution >= 0.6 is 0 Å². The monoisotopic (exact) mass is 375 g/mol. The van der Waals surface area contributed by atoms with E-state index in [1.54, 1.807) is 14.2 Å². The van der Waals surface area contributed by atoms with Crippen molar-refractivity contribution in [3.63, 3.8) is 0 Å². The fraction of sp³-hybridized carbons (Fsp3) is 0.273. The molecular weight excluding hydrogens is 354 g/mol. The quantitative estimate of drug-likeness (QED) is 0.747. The summed E-state index contributed by atoms with van der Waals surface area (Å²) in [5.74, 6) is 2.28. The lowest BCUT2D eigenvalue weighted by atomic mass is 9.85. The van der Waals surface area contributed by atoms with Crippen LogP contribution < -0.4 is 14.8 Å². The summed E-state index contributed by atoms with van der Waals surface area (Å²) < 4.78 is 13.0. The Morgan fingerprint density at radius 1 is 1.07 bits per heavy atom. The number of imidazole rings is 1. The van der Waals surface area contributed by atoms with E-state index < -0.39 is 0 Å². The van der Waals surface area contributed by atoms with Crippen LogP contribution in [0.1, 0.15) is 30.9 Å². The van der Waals surface area contributed by atoms with Crippen LogP contribution in [0.2, 0.25) is 0 Å². The van der Waals surface area contributed by atoms with Crippen molar-refractivity contribution in [2.45, 2.75) is 25.3 Å². The number of carbonyl (C=O) groups is 1. The van der Waals surface area contributed by atoms with Gasteiger partial charge in [0.05, 0.1) is 31.3 Å². The van der Waals surface area contributed by atoms with Crippen LogP contribution in [-0.4, -0.2) is 29.6 Å². The lowest BCUT2D eigenvalue weighted by Gasteiger charge is -2.34. The first-order valence-corrected chi connectivity index (χ1v) is 9.43. The first-order chi connectivity index (χ1) is 13.7. The van der Waals surface area contributed by atoms with Gasteiger partial charge in [-0.15, -0.1) is 0 Å². The third kappa shape index (κ3) is 2.41. The third-order valence-electron chi connectivity index (χ3n) is 5.57. The first-order valence-electron chi connectivity index (χ1n) is 9.43. The van der Waals surface area contributed by atoms with Gasteiger partial charge in [-0.3, -0.25) is 9.36 Å². The fourth-order valence-corrected chi connectivity index (χ4v) is 4.31. The average molecular weight is 375 g/mol. The van der Waals surface area contributed by atoms with Crippen molar-refractivity contribution in [1.82, 2.24) is 9.55 Å². The van der Waals surface area contributed by atoms with Crippen LogP contribution in [0.3, 0.4) is 0 Å². The number of para-hydroxylation sites is 2. The number of nitrogens with zero attached hydrogens (tertiary/aromatic N) is 2. The second kappa shape index (κ2) is 6.41. The molecule has 1 N–H and O–H groups in total. The number of fused-ring (bicyclic) bond motifs is 3. The zero-order valence-electron chi connectivity index (χ0n) is 15.9. The molecule has 1 aliphatic carbocycles. The summed E-state index contributed by atoms with van der Waals surface area (Å²) in [6.45, 7) is 0. The number of ether oxygens (including phenoxy) is 2. The van der Waals surface area contributed by atoms with E-state index in [2.05, 4.69) is 9.88 Å². The van der Waals surface area contributed by atoms with Crippen LogP contribution in [-0.2, 0) is 4.79 Å². The predicted molar refractivity (Wildman–Crippen MR) is 107 cm³/mol. The van der Waals surface area contributed by atoms with Crippen LogP contribution in [0, 0.1) is 0 Å². The van der Waals surface area contributed by atoms with E-state index in [-0.39, 0.29) is 11.8 Å². The zero-order chi connectivity index (χ0) is 19.3. The van der Waals surface area contributed by atoms with E-state index >= 15 is 0 Å². The highest BCUT2D eigenvalue weighted by Gasteiger charge is 2.36. The smallest absolute Gasteiger partial charge is 0.209 e. The van der Waals surface area contributed by atoms with Gasteiger partial charge in [-0.1, -0.05) is 18.2 Å². The van der Waals surface area contributed by atoms with Crippen LogP contribution in [0.5, 0.6) is 11.5 Å². The summed E-state index contributed by atoms with van der Waals surface area (Å²) in [5.41, 5.74) is 4.69. The molecule has 1 aliphatic heterocycles. The van der Waals surface area contributed by atoms with Gasteiger partial charge in [-0.2, -0.15) is 0 Å². The Kier molecular flexibility index (Phi) is 3.86. The highest BCUT2D eigenvalue weighted by molar-refractivity contribution is 6.00. The van der Waals surface area contributed by atoms with Gasteiger partial charge >= 0.3 is 0 Å². The molecule has 0 amide bonds. The number of carbonyl (C=O) groups excluding carboxylic acids is 1. The maximum absolute atomic E-state index is 13.0. The molecule has 6 heteroatoms. The van der Waals surface area contributed by atoms with E-state index in [1.165, 1.54) is 0 Å². The van der Waals surface area contributed by atoms with Gasteiger partial charge in [0.2, 0.25) is 5.95 Å². The number of hydrogen-bond donors (Lipinski definition) is 1. The van der Waals surface area contributed by atoms with Gasteiger partial charge in [0.25, 0.3) is 0 Å². The molecule has 2 aromatic carbocycles. The number of rotatable bonds is 3. The van der Waals surface area contributed by atoms with Crippen molar-refractivity contribution in [1.29, 1.82) is 0 Å². The fourth-order valence-electron chi connectivity index (χ4n) is 4.31. The standard InChI is InChI=1S/C22H21N3O3/c1-27-18-11-10-13(12-19(18)28-2)21-20-15(7-5-9-17(20)26)24-22-23-14-6-3-4-8-16(14)25(21)22/h3-4,6,8,10-12,21H,5,7,9H2,1-2H3,(H,23,24)/t21-/m1/s1. The first kappa shape index (κ1) is 16.9. The molecule has 0 unspecified atom stereocenters. The summed E-state index contributed by atoms with van der Waals surface area (Å²) in [5, 5.41) is 3.42. The Hall–Kier alpha value is -3.28. The van der Waals surface area contributed by atoms with Crippen molar-refractivity contribution in [2.24, 2.45) is 0 Å². The molecule has 0 spiro atoms. The summed E-state index contributed by atoms with van der Waals surface area (Å²) in [6, 6.07) is 13.6. The number of benzene rings is 2. The van der Waals surface area contributed by atoms with Crippen LogP contribution in [0.4, 0.5) is 5.95 Å². The Morgan fingerprint density at radius 3 is 2.71 bits per heavy atom. The van der Waals surface area contributed by atoms with Gasteiger partial charge in [-0.25, -0.2) is 4.98 Å². The molecular formula is C22H21N3O3. The summed E-state index contributed by atoms with van der Waals surface area (Å²) >= 11 is 0. The number of hydrogen-bond acceptors (Lipinski definition) is 5. The van der Waals surface area contributed by atoms with Gasteiger partial charge in [0.15, 0.2) is 17.3 Å². The normalized spacial score (nSPS) is 18.5. The molecule has 1 atom stereocenters. The average Bonchev–Trinajstić information content (AvgIpc) is 3.10. The predicted octanol–water partition coefficient (Wildman–Crippen LogP) is 4.08. The van der Waals surface area contributed by atoms with Crippen molar-refractivity contribution >= 4 is 22.8 Å². The lowest BCUT2D eigenvalue weighted by Crippen LogP contribution is -2.30. The number of nitrogens with one attached hydrogen (secondary N) is 1. The van der Waals surface area contributed by atoms with Gasteiger partial charge < -0.3 is 14.8 Å². The van der Waals surface area contributed by atoms with E-state index in [0.717, 1.165) is 46.7 Å². The highest BCUT2D eigenvalue weighted by atomic mass is 16.5. The minimum Gasteiger partial charge on any atom is -0.493 e. The Morgan fingerprint density at radius 2 is 1.89 bits per heavy atom. The number of ketones is 1. The van der Waals surface area contributed by atoms with Gasteiger partial charge in [-0.05, 0) is 42.7 Å². The highest BCUT2D eigenvalue weighted by Crippen LogP contribution is 2.44. The molecule has 2 aliphatic rings. The van der Waals surface area contributed by atoms with E-state index in [4.69, 9.17) is 14.5 Å². The molecule has 28 heavy (non-hydrogen) atoms. The molecule has 3 aromatic rings. The van der Waals surface area contributed by atoms with Crippen molar-refractivity contribution in [2.75, 3.05) is 19.5 Å². The topological polar surface area (TPSA) is 65.4 Å². The summed E-state index contributed by atoms with van der Waals surface area (Å²) in [6.07, 6.45) is 2.30. The minimum absolute atomic E-state index is 0.192. The molecule has 6 nitrogen and oxygen atoms in total. The molecule has 2 heterocycles. The Bertz CT molecular complexity index is 1130. The molecule has 5 rings (SSSR count). The largest absolute Gasteiger partial charge is 0.493 e. The van der Waals surface area contributed by atoms with E-state index in [0.29, 0.717) is 17.9 Å². The number of methoxy groups -OCH3 is 2. The van der Waals surface area contributed by atoms with Crippen LogP contribution in [0.25, 0.3) is 11.0 Å². The van der Waals surface area contributed by atoms with Crippen molar-refractivity contribution in [3.8, 4) is 11.5 Å². The Balaban J connectivity index is 1.78. The van der Waals surface area contributed by atoms with E-state index in [1.807, 2.05) is 42.5 Å². The number of anilines is 1. The molecule has 0 fully saturated rings. The molecule has 0 saturated carbocycles. The zero-order valence-corrected chi connectivity index (χ0v) is 15.9. The molecule has 0 bridgehead atoms. The second-order valence-electron chi connectivity index (χ2n) is 7.11. The van der Waals surface area contributed by atoms with Crippen LogP contribution in [0.15, 0.2) is 53.7 Å². The third-order valence-corrected chi connectivity index (χ3v) is 5.57. The molecule has 1 aromatic heterocycles. The summed E-state index contributed by atoms with van der Waals surface area (Å²) in [7, 11) is 3.24. The Labute approximate surface area is 162 Å². The van der Waals surface area contributed by atoms with Gasteiger partial charge in [0.1, 0.15) is 0 Å². The van der Waals surface area contributed by atoms with Crippen molar-refractivity contribution in [3.05, 3.63) is 59.3 Å². The SMILES string of the molecule is COc1ccc([C@@H]2C3=C(CCCC3=O)Nc3nc4ccccc4n32)cc1OC. The number of aromatic nitrogens is 2. The summed E-state index contributed by atoms with van der Waals surface area (Å²) in [4.78, 5) is 17.7. The van der Waals surface area contributed by atoms with Gasteiger partial charge in [0, 0.05) is 17.7 Å². The second-order valence-corrected chi connectivity index (χ2v) is 7.11. The maximum Gasteiger partial charge on any atom is 0.209 e. The molecule has 0 saturated heterocycles. The maximum atomic E-state index is 13.0. The van der Waals surface area contributed by atoms with E-state index in [9.17, 15) is 4.79 Å².